The summed E-state index contributed by atoms with van der Waals surface area (Å²) in [4.78, 5) is 6.67. The van der Waals surface area contributed by atoms with Gasteiger partial charge in [-0.1, -0.05) is 6.92 Å². The van der Waals surface area contributed by atoms with Gasteiger partial charge in [-0.3, -0.25) is 0 Å². The number of anilines is 2. The molecule has 0 atom stereocenters. The van der Waals surface area contributed by atoms with Crippen molar-refractivity contribution in [3.8, 4) is 5.75 Å². The van der Waals surface area contributed by atoms with Crippen LogP contribution in [-0.4, -0.2) is 22.7 Å². The molecule has 0 radical (unpaired) electrons. The molecule has 0 saturated heterocycles. The molecule has 1 aliphatic heterocycles. The fourth-order valence-electron chi connectivity index (χ4n) is 2.49. The van der Waals surface area contributed by atoms with Crippen LogP contribution in [0.1, 0.15) is 19.2 Å². The molecule has 5 heteroatoms. The third kappa shape index (κ3) is 2.57. The zero-order valence-electron chi connectivity index (χ0n) is 11.7. The molecule has 1 aliphatic rings. The lowest BCUT2D eigenvalue weighted by atomic mass is 10.2. The normalized spacial score (nSPS) is 14.2. The summed E-state index contributed by atoms with van der Waals surface area (Å²) in [5, 5.41) is 0. The van der Waals surface area contributed by atoms with E-state index in [9.17, 15) is 0 Å². The minimum absolute atomic E-state index is 0.716. The first-order valence-electron chi connectivity index (χ1n) is 7.04. The van der Waals surface area contributed by atoms with Gasteiger partial charge in [0.05, 0.1) is 13.2 Å². The van der Waals surface area contributed by atoms with Gasteiger partial charge >= 0.3 is 0 Å². The number of imidazole rings is 1. The molecule has 20 heavy (non-hydrogen) atoms. The highest BCUT2D eigenvalue weighted by molar-refractivity contribution is 5.60. The van der Waals surface area contributed by atoms with Crippen LogP contribution in [0, 0.1) is 0 Å². The first-order valence-corrected chi connectivity index (χ1v) is 7.04. The summed E-state index contributed by atoms with van der Waals surface area (Å²) in [6.07, 6.45) is 4.88. The molecule has 0 saturated carbocycles. The standard InChI is InChI=1S/C15H20N4O/c1-2-7-20-14-9-12(16)8-13(10-14)19-6-5-18-4-3-17-15(18)11-19/h3-4,8-10H,2,5-7,11,16H2,1H3. The quantitative estimate of drug-likeness (QED) is 0.868. The Balaban J connectivity index is 1.82. The van der Waals surface area contributed by atoms with Gasteiger partial charge in [-0.25, -0.2) is 4.98 Å². The number of hydrogen-bond donors (Lipinski definition) is 1. The minimum Gasteiger partial charge on any atom is -0.493 e. The molecular weight excluding hydrogens is 252 g/mol. The van der Waals surface area contributed by atoms with Crippen LogP contribution in [0.2, 0.25) is 0 Å². The molecule has 0 spiro atoms. The number of benzene rings is 1. The van der Waals surface area contributed by atoms with Gasteiger partial charge < -0.3 is 19.9 Å². The summed E-state index contributed by atoms with van der Waals surface area (Å²) in [7, 11) is 0. The van der Waals surface area contributed by atoms with Crippen LogP contribution in [0.5, 0.6) is 5.75 Å². The average molecular weight is 272 g/mol. The Morgan fingerprint density at radius 2 is 2.20 bits per heavy atom. The second-order valence-electron chi connectivity index (χ2n) is 5.07. The first kappa shape index (κ1) is 12.8. The summed E-state index contributed by atoms with van der Waals surface area (Å²) >= 11 is 0. The molecule has 0 unspecified atom stereocenters. The van der Waals surface area contributed by atoms with Crippen LogP contribution in [0.25, 0.3) is 0 Å². The van der Waals surface area contributed by atoms with Gasteiger partial charge in [-0.15, -0.1) is 0 Å². The van der Waals surface area contributed by atoms with E-state index < -0.39 is 0 Å². The summed E-state index contributed by atoms with van der Waals surface area (Å²) in [6, 6.07) is 5.94. The number of aromatic nitrogens is 2. The lowest BCUT2D eigenvalue weighted by molar-refractivity contribution is 0.317. The number of fused-ring (bicyclic) bond motifs is 1. The molecule has 5 nitrogen and oxygen atoms in total. The van der Waals surface area contributed by atoms with Crippen LogP contribution in [0.15, 0.2) is 30.6 Å². The van der Waals surface area contributed by atoms with E-state index in [-0.39, 0.29) is 0 Å². The number of hydrogen-bond acceptors (Lipinski definition) is 4. The van der Waals surface area contributed by atoms with Crippen molar-refractivity contribution < 1.29 is 4.74 Å². The summed E-state index contributed by atoms with van der Waals surface area (Å²) in [5.41, 5.74) is 7.83. The van der Waals surface area contributed by atoms with Crippen molar-refractivity contribution in [2.45, 2.75) is 26.4 Å². The molecule has 0 amide bonds. The number of ether oxygens (including phenoxy) is 1. The number of nitrogens with two attached hydrogens (primary N) is 1. The molecule has 3 rings (SSSR count). The predicted octanol–water partition coefficient (Wildman–Crippen LogP) is 2.27. The fourth-order valence-corrected chi connectivity index (χ4v) is 2.49. The molecule has 0 bridgehead atoms. The van der Waals surface area contributed by atoms with E-state index in [1.165, 1.54) is 0 Å². The molecule has 0 fully saturated rings. The monoisotopic (exact) mass is 272 g/mol. The zero-order chi connectivity index (χ0) is 13.9. The Hall–Kier alpha value is -2.17. The molecule has 2 aromatic rings. The summed E-state index contributed by atoms with van der Waals surface area (Å²) in [6.45, 7) is 5.53. The minimum atomic E-state index is 0.716. The third-order valence-corrected chi connectivity index (χ3v) is 3.50. The van der Waals surface area contributed by atoms with Gasteiger partial charge in [0.1, 0.15) is 11.6 Å². The van der Waals surface area contributed by atoms with Crippen LogP contribution >= 0.6 is 0 Å². The van der Waals surface area contributed by atoms with Crippen molar-refractivity contribution >= 4 is 11.4 Å². The second kappa shape index (κ2) is 5.45. The van der Waals surface area contributed by atoms with Crippen molar-refractivity contribution in [2.24, 2.45) is 0 Å². The number of rotatable bonds is 4. The van der Waals surface area contributed by atoms with Gasteiger partial charge in [-0.2, -0.15) is 0 Å². The summed E-state index contributed by atoms with van der Waals surface area (Å²) < 4.78 is 7.89. The van der Waals surface area contributed by atoms with Crippen LogP contribution in [-0.2, 0) is 13.1 Å². The highest BCUT2D eigenvalue weighted by atomic mass is 16.5. The van der Waals surface area contributed by atoms with E-state index >= 15 is 0 Å². The Kier molecular flexibility index (Phi) is 3.50. The van der Waals surface area contributed by atoms with E-state index in [0.29, 0.717) is 6.61 Å². The molecule has 106 valence electrons. The Morgan fingerprint density at radius 3 is 3.05 bits per heavy atom. The topological polar surface area (TPSA) is 56.3 Å². The van der Waals surface area contributed by atoms with E-state index in [4.69, 9.17) is 10.5 Å². The lowest BCUT2D eigenvalue weighted by Gasteiger charge is -2.30. The van der Waals surface area contributed by atoms with E-state index in [1.807, 2.05) is 24.5 Å². The van der Waals surface area contributed by atoms with E-state index in [0.717, 1.165) is 49.0 Å². The predicted molar refractivity (Wildman–Crippen MR) is 79.9 cm³/mol. The van der Waals surface area contributed by atoms with E-state index in [1.54, 1.807) is 0 Å². The maximum atomic E-state index is 5.98. The van der Waals surface area contributed by atoms with Crippen LogP contribution in [0.3, 0.4) is 0 Å². The van der Waals surface area contributed by atoms with Crippen molar-refractivity contribution in [2.75, 3.05) is 23.8 Å². The Bertz CT molecular complexity index is 593. The van der Waals surface area contributed by atoms with Crippen LogP contribution < -0.4 is 15.4 Å². The Morgan fingerprint density at radius 1 is 1.30 bits per heavy atom. The molecule has 1 aromatic heterocycles. The zero-order valence-corrected chi connectivity index (χ0v) is 11.7. The summed E-state index contributed by atoms with van der Waals surface area (Å²) in [5.74, 6) is 1.94. The van der Waals surface area contributed by atoms with E-state index in [2.05, 4.69) is 27.4 Å². The van der Waals surface area contributed by atoms with Gasteiger partial charge in [-0.05, 0) is 12.5 Å². The molecular formula is C15H20N4O. The highest BCUT2D eigenvalue weighted by Gasteiger charge is 2.17. The van der Waals surface area contributed by atoms with Gasteiger partial charge in [0.15, 0.2) is 0 Å². The third-order valence-electron chi connectivity index (χ3n) is 3.50. The van der Waals surface area contributed by atoms with Crippen molar-refractivity contribution in [3.05, 3.63) is 36.4 Å². The van der Waals surface area contributed by atoms with Gasteiger partial charge in [0.2, 0.25) is 0 Å². The molecule has 0 aliphatic carbocycles. The smallest absolute Gasteiger partial charge is 0.128 e. The average Bonchev–Trinajstić information content (AvgIpc) is 2.92. The fraction of sp³-hybridized carbons (Fsp3) is 0.400. The van der Waals surface area contributed by atoms with Crippen molar-refractivity contribution in [3.63, 3.8) is 0 Å². The molecule has 1 aromatic carbocycles. The molecule has 2 heterocycles. The maximum Gasteiger partial charge on any atom is 0.128 e. The van der Waals surface area contributed by atoms with Gasteiger partial charge in [0, 0.05) is 49.0 Å². The Labute approximate surface area is 119 Å². The van der Waals surface area contributed by atoms with Gasteiger partial charge in [0.25, 0.3) is 0 Å². The molecule has 2 N–H and O–H groups in total. The largest absolute Gasteiger partial charge is 0.493 e. The van der Waals surface area contributed by atoms with Crippen LogP contribution in [0.4, 0.5) is 11.4 Å². The first-order chi connectivity index (χ1) is 9.76. The highest BCUT2D eigenvalue weighted by Crippen LogP contribution is 2.28. The second-order valence-corrected chi connectivity index (χ2v) is 5.07. The van der Waals surface area contributed by atoms with Crippen molar-refractivity contribution in [1.29, 1.82) is 0 Å². The SMILES string of the molecule is CCCOc1cc(N)cc(N2CCn3ccnc3C2)c1. The maximum absolute atomic E-state index is 5.98. The number of nitrogen functional groups attached to an aromatic ring is 1. The lowest BCUT2D eigenvalue weighted by Crippen LogP contribution is -2.33. The number of nitrogens with zero attached hydrogens (tertiary/aromatic N) is 3. The van der Waals surface area contributed by atoms with Crippen molar-refractivity contribution in [1.82, 2.24) is 9.55 Å².